The third-order valence-corrected chi connectivity index (χ3v) is 3.74. The number of pyridine rings is 1. The van der Waals surface area contributed by atoms with E-state index in [-0.39, 0.29) is 11.6 Å². The third-order valence-electron chi connectivity index (χ3n) is 3.74. The van der Waals surface area contributed by atoms with Gasteiger partial charge in [0.2, 0.25) is 5.43 Å². The summed E-state index contributed by atoms with van der Waals surface area (Å²) in [5, 5.41) is 18.9. The highest BCUT2D eigenvalue weighted by atomic mass is 16.5. The molecule has 0 radical (unpaired) electrons. The minimum Gasteiger partial charge on any atom is -0.503 e. The summed E-state index contributed by atoms with van der Waals surface area (Å²) in [6, 6.07) is 0. The fraction of sp³-hybridized carbons (Fsp3) is 0.357. The molecule has 0 spiro atoms. The Morgan fingerprint density at radius 2 is 2.14 bits per heavy atom. The van der Waals surface area contributed by atoms with Crippen molar-refractivity contribution in [2.45, 2.75) is 25.5 Å². The van der Waals surface area contributed by atoms with Crippen LogP contribution < -0.4 is 11.0 Å². The van der Waals surface area contributed by atoms with Crippen LogP contribution in [0.2, 0.25) is 0 Å². The smallest absolute Gasteiger partial charge is 0.341 e. The van der Waals surface area contributed by atoms with Gasteiger partial charge in [-0.05, 0) is 12.8 Å². The average molecular weight is 306 g/mol. The van der Waals surface area contributed by atoms with E-state index in [9.17, 15) is 19.5 Å². The maximum Gasteiger partial charge on any atom is 0.341 e. The first-order chi connectivity index (χ1) is 10.5. The standard InChI is InChI=1S/C14H14N2O6/c17-11-9(14(20)21)7-15-3-4-16(6-8-2-1-5-22-8)13(19)10(15)12(11)18/h3-4,7-8,18H,1-2,5-6H2,(H,20,21). The van der Waals surface area contributed by atoms with Crippen molar-refractivity contribution in [1.82, 2.24) is 8.97 Å². The van der Waals surface area contributed by atoms with Gasteiger partial charge in [-0.25, -0.2) is 4.79 Å². The number of rotatable bonds is 3. The van der Waals surface area contributed by atoms with Gasteiger partial charge in [0, 0.05) is 25.2 Å². The molecule has 22 heavy (non-hydrogen) atoms. The number of hydrogen-bond acceptors (Lipinski definition) is 5. The van der Waals surface area contributed by atoms with Crippen molar-refractivity contribution in [1.29, 1.82) is 0 Å². The van der Waals surface area contributed by atoms with E-state index >= 15 is 0 Å². The van der Waals surface area contributed by atoms with Crippen molar-refractivity contribution in [2.75, 3.05) is 6.61 Å². The third kappa shape index (κ3) is 2.27. The maximum absolute atomic E-state index is 12.4. The molecule has 3 rings (SSSR count). The highest BCUT2D eigenvalue weighted by molar-refractivity contribution is 5.88. The van der Waals surface area contributed by atoms with Crippen molar-refractivity contribution in [3.63, 3.8) is 0 Å². The summed E-state index contributed by atoms with van der Waals surface area (Å²) in [5.41, 5.74) is -2.47. The summed E-state index contributed by atoms with van der Waals surface area (Å²) < 4.78 is 7.96. The highest BCUT2D eigenvalue weighted by Gasteiger charge is 2.20. The van der Waals surface area contributed by atoms with Crippen LogP contribution in [0.25, 0.3) is 5.52 Å². The number of aromatic nitrogens is 2. The molecule has 2 aromatic rings. The van der Waals surface area contributed by atoms with E-state index in [0.717, 1.165) is 23.4 Å². The van der Waals surface area contributed by atoms with Crippen molar-refractivity contribution in [2.24, 2.45) is 0 Å². The lowest BCUT2D eigenvalue weighted by molar-refractivity contribution is 0.0694. The Morgan fingerprint density at radius 3 is 2.77 bits per heavy atom. The lowest BCUT2D eigenvalue weighted by Crippen LogP contribution is -2.29. The molecule has 0 aliphatic carbocycles. The van der Waals surface area contributed by atoms with Gasteiger partial charge in [-0.15, -0.1) is 0 Å². The van der Waals surface area contributed by atoms with E-state index in [1.807, 2.05) is 0 Å². The lowest BCUT2D eigenvalue weighted by Gasteiger charge is -2.13. The number of ether oxygens (including phenoxy) is 1. The van der Waals surface area contributed by atoms with E-state index in [0.29, 0.717) is 13.2 Å². The molecule has 1 atom stereocenters. The zero-order chi connectivity index (χ0) is 15.9. The number of aromatic carboxylic acids is 1. The number of carboxylic acid groups (broad SMARTS) is 1. The van der Waals surface area contributed by atoms with Crippen LogP contribution in [0.15, 0.2) is 28.2 Å². The normalized spacial score (nSPS) is 17.9. The highest BCUT2D eigenvalue weighted by Crippen LogP contribution is 2.15. The fourth-order valence-electron chi connectivity index (χ4n) is 2.61. The molecule has 116 valence electrons. The van der Waals surface area contributed by atoms with E-state index in [4.69, 9.17) is 9.84 Å². The number of carboxylic acids is 1. The largest absolute Gasteiger partial charge is 0.503 e. The second-order valence-corrected chi connectivity index (χ2v) is 5.17. The molecule has 0 amide bonds. The van der Waals surface area contributed by atoms with Crippen LogP contribution in [0, 0.1) is 0 Å². The van der Waals surface area contributed by atoms with Gasteiger partial charge in [0.1, 0.15) is 5.56 Å². The van der Waals surface area contributed by atoms with E-state index < -0.39 is 28.3 Å². The van der Waals surface area contributed by atoms with Crippen LogP contribution in [0.4, 0.5) is 0 Å². The molecule has 1 unspecified atom stereocenters. The van der Waals surface area contributed by atoms with Gasteiger partial charge in [0.15, 0.2) is 11.3 Å². The molecule has 3 heterocycles. The summed E-state index contributed by atoms with van der Waals surface area (Å²) in [6.07, 6.45) is 5.63. The number of carbonyl (C=O) groups is 1. The monoisotopic (exact) mass is 306 g/mol. The molecular formula is C14H14N2O6. The van der Waals surface area contributed by atoms with Gasteiger partial charge >= 0.3 is 5.97 Å². The Balaban J connectivity index is 2.16. The van der Waals surface area contributed by atoms with Gasteiger partial charge in [-0.3, -0.25) is 9.59 Å². The summed E-state index contributed by atoms with van der Waals surface area (Å²) in [7, 11) is 0. The van der Waals surface area contributed by atoms with Gasteiger partial charge in [0.25, 0.3) is 5.56 Å². The van der Waals surface area contributed by atoms with Crippen LogP contribution in [0.1, 0.15) is 23.2 Å². The number of hydrogen-bond donors (Lipinski definition) is 2. The van der Waals surface area contributed by atoms with Gasteiger partial charge in [-0.1, -0.05) is 0 Å². The molecule has 1 aliphatic heterocycles. The van der Waals surface area contributed by atoms with Gasteiger partial charge in [-0.2, -0.15) is 0 Å². The second-order valence-electron chi connectivity index (χ2n) is 5.17. The quantitative estimate of drug-likeness (QED) is 0.828. The second kappa shape index (κ2) is 5.30. The van der Waals surface area contributed by atoms with Gasteiger partial charge in [0.05, 0.1) is 12.6 Å². The lowest BCUT2D eigenvalue weighted by atomic mass is 10.2. The molecule has 1 saturated heterocycles. The summed E-state index contributed by atoms with van der Waals surface area (Å²) in [6.45, 7) is 0.976. The minimum absolute atomic E-state index is 0.0766. The predicted octanol–water partition coefficient (Wildman–Crippen LogP) is 0.0440. The molecule has 0 bridgehead atoms. The van der Waals surface area contributed by atoms with Gasteiger partial charge < -0.3 is 23.9 Å². The molecule has 2 aromatic heterocycles. The Bertz CT molecular complexity index is 860. The number of fused-ring (bicyclic) bond motifs is 1. The molecule has 8 heteroatoms. The van der Waals surface area contributed by atoms with Crippen LogP contribution in [0.5, 0.6) is 5.75 Å². The topological polar surface area (TPSA) is 110 Å². The average Bonchev–Trinajstić information content (AvgIpc) is 2.98. The Morgan fingerprint density at radius 1 is 1.36 bits per heavy atom. The van der Waals surface area contributed by atoms with Crippen LogP contribution in [-0.2, 0) is 11.3 Å². The van der Waals surface area contributed by atoms with Crippen LogP contribution >= 0.6 is 0 Å². The molecule has 0 saturated carbocycles. The molecule has 1 aliphatic rings. The maximum atomic E-state index is 12.4. The molecule has 1 fully saturated rings. The Labute approximate surface area is 123 Å². The first kappa shape index (κ1) is 14.3. The van der Waals surface area contributed by atoms with Crippen molar-refractivity contribution in [3.8, 4) is 5.75 Å². The summed E-state index contributed by atoms with van der Waals surface area (Å²) >= 11 is 0. The van der Waals surface area contributed by atoms with E-state index in [1.165, 1.54) is 17.0 Å². The van der Waals surface area contributed by atoms with Crippen molar-refractivity contribution in [3.05, 3.63) is 44.7 Å². The van der Waals surface area contributed by atoms with Crippen molar-refractivity contribution < 1.29 is 19.7 Å². The Hall–Kier alpha value is -2.61. The number of aromatic hydroxyl groups is 1. The summed E-state index contributed by atoms with van der Waals surface area (Å²) in [4.78, 5) is 35.2. The first-order valence-corrected chi connectivity index (χ1v) is 6.81. The predicted molar refractivity (Wildman–Crippen MR) is 75.5 cm³/mol. The zero-order valence-electron chi connectivity index (χ0n) is 11.6. The zero-order valence-corrected chi connectivity index (χ0v) is 11.6. The summed E-state index contributed by atoms with van der Waals surface area (Å²) in [5.74, 6) is -2.31. The van der Waals surface area contributed by atoms with Crippen LogP contribution in [-0.4, -0.2) is 37.9 Å². The fourth-order valence-corrected chi connectivity index (χ4v) is 2.61. The van der Waals surface area contributed by atoms with E-state index in [2.05, 4.69) is 0 Å². The molecule has 0 aromatic carbocycles. The number of nitrogens with zero attached hydrogens (tertiary/aromatic N) is 2. The molecule has 8 nitrogen and oxygen atoms in total. The van der Waals surface area contributed by atoms with Crippen LogP contribution in [0.3, 0.4) is 0 Å². The SMILES string of the molecule is O=C(O)c1cn2ccn(CC3CCCO3)c(=O)c2c(O)c1=O. The molecule has 2 N–H and O–H groups in total. The molecular weight excluding hydrogens is 292 g/mol. The minimum atomic E-state index is -1.46. The van der Waals surface area contributed by atoms with E-state index in [1.54, 1.807) is 0 Å². The first-order valence-electron chi connectivity index (χ1n) is 6.81. The Kier molecular flexibility index (Phi) is 3.45. The van der Waals surface area contributed by atoms with Crippen molar-refractivity contribution >= 4 is 11.5 Å².